The Morgan fingerprint density at radius 2 is 1.49 bits per heavy atom. The Kier molecular flexibility index (Phi) is 8.12. The van der Waals surface area contributed by atoms with Crippen LogP contribution in [0.5, 0.6) is 28.7 Å². The monoisotopic (exact) mass is 481 g/mol. The Bertz CT molecular complexity index is 1200. The van der Waals surface area contributed by atoms with E-state index < -0.39 is 24.5 Å². The van der Waals surface area contributed by atoms with Gasteiger partial charge in [0.25, 0.3) is 0 Å². The molecule has 0 radical (unpaired) electrons. The molecule has 0 bridgehead atoms. The van der Waals surface area contributed by atoms with Crippen LogP contribution in [-0.4, -0.2) is 50.9 Å². The number of Topliss-reactive ketones (excluding diaryl/α,β-unsaturated/α-hetero) is 1. The molecule has 10 nitrogen and oxygen atoms in total. The van der Waals surface area contributed by atoms with Crippen LogP contribution in [0.3, 0.4) is 0 Å². The molecule has 3 aromatic rings. The zero-order valence-corrected chi connectivity index (χ0v) is 19.2. The second kappa shape index (κ2) is 11.4. The van der Waals surface area contributed by atoms with Crippen LogP contribution in [0.2, 0.25) is 0 Å². The molecule has 10 heteroatoms. The van der Waals surface area contributed by atoms with Gasteiger partial charge in [0.1, 0.15) is 11.5 Å². The lowest BCUT2D eigenvalue weighted by molar-refractivity contribution is 0.0474. The summed E-state index contributed by atoms with van der Waals surface area (Å²) in [5.41, 5.74) is 0.653. The molecule has 0 unspecified atom stereocenters. The number of nitrogens with one attached hydrogen (secondary N) is 1. The van der Waals surface area contributed by atoms with Crippen molar-refractivity contribution in [3.8, 4) is 28.7 Å². The van der Waals surface area contributed by atoms with Crippen LogP contribution in [-0.2, 0) is 4.74 Å². The van der Waals surface area contributed by atoms with Gasteiger partial charge < -0.3 is 28.8 Å². The third-order valence-electron chi connectivity index (χ3n) is 4.73. The van der Waals surface area contributed by atoms with E-state index in [-0.39, 0.29) is 39.8 Å². The minimum Gasteiger partial charge on any atom is -0.508 e. The van der Waals surface area contributed by atoms with Crippen molar-refractivity contribution in [2.75, 3.05) is 33.3 Å². The number of phenols is 1. The molecule has 182 valence electrons. The first kappa shape index (κ1) is 24.9. The number of benzene rings is 3. The molecule has 1 amide bonds. The number of rotatable bonds is 9. The SMILES string of the molecule is COc1cc(OC)c(OC(=O)Nc2cccc(C(=O)OCC(=O)c3ccc(O)cc3)c2)c(OC)c1. The van der Waals surface area contributed by atoms with Crippen LogP contribution >= 0.6 is 0 Å². The molecule has 0 fully saturated rings. The summed E-state index contributed by atoms with van der Waals surface area (Å²) in [5.74, 6) is -0.256. The Balaban J connectivity index is 1.65. The summed E-state index contributed by atoms with van der Waals surface area (Å²) in [6.07, 6.45) is -0.861. The van der Waals surface area contributed by atoms with Gasteiger partial charge in [-0.2, -0.15) is 0 Å². The van der Waals surface area contributed by atoms with Crippen LogP contribution in [0.15, 0.2) is 60.7 Å². The van der Waals surface area contributed by atoms with Crippen LogP contribution in [0, 0.1) is 0 Å². The van der Waals surface area contributed by atoms with E-state index in [4.69, 9.17) is 23.7 Å². The number of hydrogen-bond acceptors (Lipinski definition) is 9. The average molecular weight is 481 g/mol. The molecule has 3 aromatic carbocycles. The molecule has 3 rings (SSSR count). The number of amides is 1. The van der Waals surface area contributed by atoms with E-state index in [9.17, 15) is 19.5 Å². The summed E-state index contributed by atoms with van der Waals surface area (Å²) < 4.78 is 26.1. The van der Waals surface area contributed by atoms with E-state index in [0.717, 1.165) is 0 Å². The number of phenolic OH excluding ortho intramolecular Hbond substituents is 1. The molecule has 0 saturated carbocycles. The summed E-state index contributed by atoms with van der Waals surface area (Å²) >= 11 is 0. The highest BCUT2D eigenvalue weighted by atomic mass is 16.6. The number of aromatic hydroxyl groups is 1. The fourth-order valence-corrected chi connectivity index (χ4v) is 2.98. The molecule has 35 heavy (non-hydrogen) atoms. The van der Waals surface area contributed by atoms with Crippen LogP contribution in [0.4, 0.5) is 10.5 Å². The molecule has 0 aromatic heterocycles. The maximum absolute atomic E-state index is 12.5. The molecule has 0 saturated heterocycles. The van der Waals surface area contributed by atoms with E-state index in [1.54, 1.807) is 6.07 Å². The summed E-state index contributed by atoms with van der Waals surface area (Å²) in [7, 11) is 4.28. The fourth-order valence-electron chi connectivity index (χ4n) is 2.98. The standard InChI is InChI=1S/C25H23NO9/c1-31-19-12-21(32-2)23(22(13-19)33-3)35-25(30)26-17-6-4-5-16(11-17)24(29)34-14-20(28)15-7-9-18(27)10-8-15/h4-13,27H,14H2,1-3H3,(H,26,30). The van der Waals surface area contributed by atoms with E-state index in [1.807, 2.05) is 0 Å². The van der Waals surface area contributed by atoms with Crippen molar-refractivity contribution in [1.29, 1.82) is 0 Å². The van der Waals surface area contributed by atoms with E-state index in [1.165, 1.54) is 75.9 Å². The summed E-state index contributed by atoms with van der Waals surface area (Å²) in [5, 5.41) is 11.8. The molecule has 0 heterocycles. The smallest absolute Gasteiger partial charge is 0.417 e. The van der Waals surface area contributed by atoms with Gasteiger partial charge in [0.15, 0.2) is 23.9 Å². The van der Waals surface area contributed by atoms with Gasteiger partial charge in [0.2, 0.25) is 5.75 Å². The van der Waals surface area contributed by atoms with Crippen LogP contribution in [0.25, 0.3) is 0 Å². The third-order valence-corrected chi connectivity index (χ3v) is 4.73. The Labute approximate surface area is 200 Å². The number of anilines is 1. The molecular formula is C25H23NO9. The topological polar surface area (TPSA) is 130 Å². The minimum absolute atomic E-state index is 0.0188. The first-order valence-corrected chi connectivity index (χ1v) is 10.2. The number of carbonyl (C=O) groups is 3. The highest BCUT2D eigenvalue weighted by Gasteiger charge is 2.19. The van der Waals surface area contributed by atoms with Gasteiger partial charge in [-0.15, -0.1) is 0 Å². The third kappa shape index (κ3) is 6.41. The summed E-state index contributed by atoms with van der Waals surface area (Å²) in [6, 6.07) is 14.5. The first-order chi connectivity index (χ1) is 16.8. The van der Waals surface area contributed by atoms with Crippen molar-refractivity contribution in [2.45, 2.75) is 0 Å². The molecular weight excluding hydrogens is 458 g/mol. The number of hydrogen-bond donors (Lipinski definition) is 2. The minimum atomic E-state index is -0.861. The zero-order chi connectivity index (χ0) is 25.4. The number of methoxy groups -OCH3 is 3. The van der Waals surface area contributed by atoms with Gasteiger partial charge in [-0.25, -0.2) is 9.59 Å². The largest absolute Gasteiger partial charge is 0.508 e. The molecule has 0 spiro atoms. The quantitative estimate of drug-likeness (QED) is 0.343. The average Bonchev–Trinajstić information content (AvgIpc) is 2.87. The second-order valence-electron chi connectivity index (χ2n) is 7.00. The molecule has 0 atom stereocenters. The van der Waals surface area contributed by atoms with Gasteiger partial charge in [0.05, 0.1) is 26.9 Å². The van der Waals surface area contributed by atoms with Crippen molar-refractivity contribution >= 4 is 23.5 Å². The predicted molar refractivity (Wildman–Crippen MR) is 125 cm³/mol. The van der Waals surface area contributed by atoms with Crippen molar-refractivity contribution in [3.63, 3.8) is 0 Å². The van der Waals surface area contributed by atoms with E-state index >= 15 is 0 Å². The normalized spacial score (nSPS) is 10.1. The van der Waals surface area contributed by atoms with E-state index in [2.05, 4.69) is 5.32 Å². The van der Waals surface area contributed by atoms with Crippen LogP contribution < -0.4 is 24.3 Å². The Morgan fingerprint density at radius 1 is 0.829 bits per heavy atom. The van der Waals surface area contributed by atoms with E-state index in [0.29, 0.717) is 5.75 Å². The molecule has 0 aliphatic carbocycles. The number of ketones is 1. The molecule has 0 aliphatic heterocycles. The van der Waals surface area contributed by atoms with Crippen LogP contribution in [0.1, 0.15) is 20.7 Å². The van der Waals surface area contributed by atoms with Crippen molar-refractivity contribution in [1.82, 2.24) is 0 Å². The number of ether oxygens (including phenoxy) is 5. The highest BCUT2D eigenvalue weighted by Crippen LogP contribution is 2.41. The molecule has 0 aliphatic rings. The van der Waals surface area contributed by atoms with Crippen molar-refractivity contribution in [2.24, 2.45) is 0 Å². The summed E-state index contributed by atoms with van der Waals surface area (Å²) in [4.78, 5) is 37.0. The Hall–Kier alpha value is -4.73. The van der Waals surface area contributed by atoms with Gasteiger partial charge >= 0.3 is 12.1 Å². The highest BCUT2D eigenvalue weighted by molar-refractivity contribution is 5.99. The lowest BCUT2D eigenvalue weighted by atomic mass is 10.1. The van der Waals surface area contributed by atoms with Gasteiger partial charge in [-0.1, -0.05) is 6.07 Å². The fraction of sp³-hybridized carbons (Fsp3) is 0.160. The van der Waals surface area contributed by atoms with Gasteiger partial charge in [-0.3, -0.25) is 10.1 Å². The second-order valence-corrected chi connectivity index (χ2v) is 7.00. The number of carbonyl (C=O) groups excluding carboxylic acids is 3. The van der Waals surface area contributed by atoms with Gasteiger partial charge in [0, 0.05) is 23.4 Å². The van der Waals surface area contributed by atoms with Crippen molar-refractivity contribution < 1.29 is 43.2 Å². The lowest BCUT2D eigenvalue weighted by Gasteiger charge is -2.15. The first-order valence-electron chi connectivity index (χ1n) is 10.2. The lowest BCUT2D eigenvalue weighted by Crippen LogP contribution is -2.18. The zero-order valence-electron chi connectivity index (χ0n) is 19.2. The maximum Gasteiger partial charge on any atom is 0.417 e. The summed E-state index contributed by atoms with van der Waals surface area (Å²) in [6.45, 7) is -0.486. The predicted octanol–water partition coefficient (Wildman–Crippen LogP) is 4.07. The molecule has 2 N–H and O–H groups in total. The Morgan fingerprint density at radius 3 is 2.09 bits per heavy atom. The van der Waals surface area contributed by atoms with Gasteiger partial charge in [-0.05, 0) is 42.5 Å². The maximum atomic E-state index is 12.5. The van der Waals surface area contributed by atoms with Crippen molar-refractivity contribution in [3.05, 3.63) is 71.8 Å². The number of esters is 1.